The van der Waals surface area contributed by atoms with Crippen LogP contribution in [0.25, 0.3) is 0 Å². The van der Waals surface area contributed by atoms with Crippen LogP contribution in [-0.4, -0.2) is 29.3 Å². The van der Waals surface area contributed by atoms with Crippen molar-refractivity contribution in [2.24, 2.45) is 0 Å². The molecule has 0 atom stereocenters. The Morgan fingerprint density at radius 2 is 1.79 bits per heavy atom. The number of esters is 1. The third kappa shape index (κ3) is 3.91. The first-order valence-corrected chi connectivity index (χ1v) is 7.44. The van der Waals surface area contributed by atoms with E-state index in [-0.39, 0.29) is 6.54 Å². The van der Waals surface area contributed by atoms with Crippen LogP contribution in [0.3, 0.4) is 0 Å². The number of nitrogens with zero attached hydrogens (tertiary/aromatic N) is 1. The molecule has 0 fully saturated rings. The molecule has 0 radical (unpaired) electrons. The van der Waals surface area contributed by atoms with Gasteiger partial charge in [-0.2, -0.15) is 0 Å². The predicted molar refractivity (Wildman–Crippen MR) is 90.3 cm³/mol. The molecule has 2 N–H and O–H groups in total. The minimum absolute atomic E-state index is 0.0926. The van der Waals surface area contributed by atoms with Crippen molar-refractivity contribution in [1.82, 2.24) is 5.06 Å². The summed E-state index contributed by atoms with van der Waals surface area (Å²) in [6.07, 6.45) is 0. The van der Waals surface area contributed by atoms with Gasteiger partial charge < -0.3 is 10.1 Å². The third-order valence-electron chi connectivity index (χ3n) is 3.73. The van der Waals surface area contributed by atoms with Crippen LogP contribution in [0.2, 0.25) is 0 Å². The van der Waals surface area contributed by atoms with E-state index in [1.165, 1.54) is 14.0 Å². The number of methoxy groups -OCH3 is 1. The molecule has 2 aromatic rings. The predicted octanol–water partition coefficient (Wildman–Crippen LogP) is 3.26. The smallest absolute Gasteiger partial charge is 0.339 e. The van der Waals surface area contributed by atoms with Crippen molar-refractivity contribution in [2.45, 2.75) is 20.4 Å². The van der Waals surface area contributed by atoms with Crippen LogP contribution < -0.4 is 5.32 Å². The summed E-state index contributed by atoms with van der Waals surface area (Å²) in [5, 5.41) is 13.5. The number of para-hydroxylation sites is 1. The lowest BCUT2D eigenvalue weighted by Gasteiger charge is -2.18. The Balaban J connectivity index is 2.32. The first-order chi connectivity index (χ1) is 11.4. The Hall–Kier alpha value is -2.86. The lowest BCUT2D eigenvalue weighted by Crippen LogP contribution is -2.24. The number of nitrogens with one attached hydrogen (secondary N) is 1. The Morgan fingerprint density at radius 1 is 1.12 bits per heavy atom. The summed E-state index contributed by atoms with van der Waals surface area (Å²) in [6, 6.07) is 12.6. The fraction of sp³-hybridized carbons (Fsp3) is 0.222. The maximum Gasteiger partial charge on any atom is 0.339 e. The molecular weight excluding hydrogens is 308 g/mol. The number of hydrogen-bond acceptors (Lipinski definition) is 5. The summed E-state index contributed by atoms with van der Waals surface area (Å²) < 4.78 is 4.79. The average molecular weight is 328 g/mol. The molecule has 0 aliphatic carbocycles. The second kappa shape index (κ2) is 7.61. The zero-order chi connectivity index (χ0) is 17.7. The van der Waals surface area contributed by atoms with Crippen molar-refractivity contribution in [3.63, 3.8) is 0 Å². The molecule has 126 valence electrons. The van der Waals surface area contributed by atoms with E-state index in [0.29, 0.717) is 16.3 Å². The van der Waals surface area contributed by atoms with Gasteiger partial charge >= 0.3 is 5.97 Å². The summed E-state index contributed by atoms with van der Waals surface area (Å²) in [5.41, 5.74) is 3.50. The molecular formula is C18H20N2O4. The van der Waals surface area contributed by atoms with E-state index in [1.807, 2.05) is 31.2 Å². The van der Waals surface area contributed by atoms with Crippen LogP contribution in [0.4, 0.5) is 11.4 Å². The summed E-state index contributed by atoms with van der Waals surface area (Å²) >= 11 is 0. The van der Waals surface area contributed by atoms with Crippen molar-refractivity contribution >= 4 is 23.3 Å². The van der Waals surface area contributed by atoms with Gasteiger partial charge in [0.05, 0.1) is 24.9 Å². The summed E-state index contributed by atoms with van der Waals surface area (Å²) in [4.78, 5) is 23.1. The van der Waals surface area contributed by atoms with Gasteiger partial charge in [-0.15, -0.1) is 0 Å². The normalized spacial score (nSPS) is 10.2. The van der Waals surface area contributed by atoms with Gasteiger partial charge in [0, 0.05) is 12.6 Å². The Kier molecular flexibility index (Phi) is 5.55. The molecule has 0 aliphatic rings. The van der Waals surface area contributed by atoms with E-state index in [1.54, 1.807) is 18.2 Å². The van der Waals surface area contributed by atoms with Gasteiger partial charge in [0.25, 0.3) is 0 Å². The van der Waals surface area contributed by atoms with Gasteiger partial charge in [-0.3, -0.25) is 10.0 Å². The number of hydroxylamine groups is 2. The number of hydrogen-bond donors (Lipinski definition) is 2. The molecule has 0 aromatic heterocycles. The molecule has 2 aromatic carbocycles. The van der Waals surface area contributed by atoms with Crippen LogP contribution in [0, 0.1) is 6.92 Å². The molecule has 0 bridgehead atoms. The highest BCUT2D eigenvalue weighted by Crippen LogP contribution is 2.26. The van der Waals surface area contributed by atoms with Gasteiger partial charge in [0.2, 0.25) is 5.91 Å². The maximum atomic E-state index is 11.9. The monoisotopic (exact) mass is 328 g/mol. The molecule has 6 nitrogen and oxygen atoms in total. The number of amides is 1. The van der Waals surface area contributed by atoms with Crippen molar-refractivity contribution < 1.29 is 19.5 Å². The topological polar surface area (TPSA) is 78.9 Å². The van der Waals surface area contributed by atoms with E-state index in [2.05, 4.69) is 5.32 Å². The van der Waals surface area contributed by atoms with E-state index in [4.69, 9.17) is 4.74 Å². The molecule has 1 amide bonds. The summed E-state index contributed by atoms with van der Waals surface area (Å²) in [7, 11) is 1.34. The molecule has 2 rings (SSSR count). The molecule has 0 spiro atoms. The SMILES string of the molecule is COC(=O)c1ccccc1Nc1cccc(CN(O)C(C)=O)c1C. The van der Waals surface area contributed by atoms with Gasteiger partial charge in [-0.05, 0) is 36.2 Å². The average Bonchev–Trinajstić information content (AvgIpc) is 2.58. The van der Waals surface area contributed by atoms with Crippen LogP contribution in [0.15, 0.2) is 42.5 Å². The summed E-state index contributed by atoms with van der Waals surface area (Å²) in [5.74, 6) is -0.853. The Morgan fingerprint density at radius 3 is 2.46 bits per heavy atom. The number of anilines is 2. The minimum atomic E-state index is -0.427. The largest absolute Gasteiger partial charge is 0.465 e. The second-order valence-electron chi connectivity index (χ2n) is 5.33. The highest BCUT2D eigenvalue weighted by molar-refractivity contribution is 5.96. The third-order valence-corrected chi connectivity index (χ3v) is 3.73. The van der Waals surface area contributed by atoms with Gasteiger partial charge in [-0.25, -0.2) is 9.86 Å². The van der Waals surface area contributed by atoms with Gasteiger partial charge in [-0.1, -0.05) is 24.3 Å². The number of benzene rings is 2. The fourth-order valence-electron chi connectivity index (χ4n) is 2.29. The van der Waals surface area contributed by atoms with Crippen molar-refractivity contribution in [2.75, 3.05) is 12.4 Å². The minimum Gasteiger partial charge on any atom is -0.465 e. The molecule has 0 aliphatic heterocycles. The van der Waals surface area contributed by atoms with Crippen LogP contribution in [0.1, 0.15) is 28.4 Å². The van der Waals surface area contributed by atoms with Crippen molar-refractivity contribution in [3.8, 4) is 0 Å². The van der Waals surface area contributed by atoms with E-state index < -0.39 is 11.9 Å². The number of carbonyl (C=O) groups excluding carboxylic acids is 2. The first-order valence-electron chi connectivity index (χ1n) is 7.44. The Labute approximate surface area is 140 Å². The number of rotatable bonds is 5. The lowest BCUT2D eigenvalue weighted by atomic mass is 10.1. The molecule has 0 saturated heterocycles. The zero-order valence-electron chi connectivity index (χ0n) is 13.9. The molecule has 0 saturated carbocycles. The van der Waals surface area contributed by atoms with Crippen LogP contribution in [0.5, 0.6) is 0 Å². The van der Waals surface area contributed by atoms with E-state index >= 15 is 0 Å². The molecule has 6 heteroatoms. The van der Waals surface area contributed by atoms with Gasteiger partial charge in [0.15, 0.2) is 0 Å². The standard InChI is InChI=1S/C18H20N2O4/c1-12-14(11-20(23)13(2)21)7-6-10-16(12)19-17-9-5-4-8-15(17)18(22)24-3/h4-10,19,23H,11H2,1-3H3. The molecule has 0 unspecified atom stereocenters. The second-order valence-corrected chi connectivity index (χ2v) is 5.33. The lowest BCUT2D eigenvalue weighted by molar-refractivity contribution is -0.165. The molecule has 24 heavy (non-hydrogen) atoms. The highest BCUT2D eigenvalue weighted by Gasteiger charge is 2.14. The first kappa shape index (κ1) is 17.5. The van der Waals surface area contributed by atoms with E-state index in [0.717, 1.165) is 16.8 Å². The van der Waals surface area contributed by atoms with Crippen LogP contribution >= 0.6 is 0 Å². The Bertz CT molecular complexity index is 758. The van der Waals surface area contributed by atoms with E-state index in [9.17, 15) is 14.8 Å². The summed E-state index contributed by atoms with van der Waals surface area (Å²) in [6.45, 7) is 3.27. The quantitative estimate of drug-likeness (QED) is 0.500. The highest BCUT2D eigenvalue weighted by atomic mass is 16.5. The van der Waals surface area contributed by atoms with Crippen LogP contribution in [-0.2, 0) is 16.1 Å². The van der Waals surface area contributed by atoms with Crippen molar-refractivity contribution in [1.29, 1.82) is 0 Å². The molecule has 0 heterocycles. The maximum absolute atomic E-state index is 11.9. The van der Waals surface area contributed by atoms with Crippen molar-refractivity contribution in [3.05, 3.63) is 59.2 Å². The number of carbonyl (C=O) groups is 2. The fourth-order valence-corrected chi connectivity index (χ4v) is 2.29. The number of ether oxygens (including phenoxy) is 1. The van der Waals surface area contributed by atoms with Gasteiger partial charge in [0.1, 0.15) is 0 Å². The zero-order valence-corrected chi connectivity index (χ0v) is 13.9.